The molecule has 0 aliphatic carbocycles. The van der Waals surface area contributed by atoms with Crippen molar-refractivity contribution in [1.82, 2.24) is 14.8 Å². The first-order chi connectivity index (χ1) is 17.2. The van der Waals surface area contributed by atoms with Gasteiger partial charge in [0.15, 0.2) is 0 Å². The number of rotatable bonds is 8. The molecule has 1 aliphatic heterocycles. The Morgan fingerprint density at radius 1 is 0.917 bits per heavy atom. The second-order valence-electron chi connectivity index (χ2n) is 10.1. The molecule has 0 atom stereocenters. The number of morpholine rings is 1. The summed E-state index contributed by atoms with van der Waals surface area (Å²) in [5.41, 5.74) is 4.87. The molecule has 4 rings (SSSR count). The van der Waals surface area contributed by atoms with E-state index in [4.69, 9.17) is 4.74 Å². The lowest BCUT2D eigenvalue weighted by molar-refractivity contribution is 0.0342. The molecule has 7 nitrogen and oxygen atoms in total. The summed E-state index contributed by atoms with van der Waals surface area (Å²) >= 11 is 0. The van der Waals surface area contributed by atoms with Gasteiger partial charge in [-0.05, 0) is 54.7 Å². The fourth-order valence-corrected chi connectivity index (χ4v) is 4.62. The molecule has 1 aliphatic rings. The first kappa shape index (κ1) is 25.8. The van der Waals surface area contributed by atoms with E-state index in [-0.39, 0.29) is 29.4 Å². The van der Waals surface area contributed by atoms with Crippen LogP contribution in [0, 0.1) is 0 Å². The van der Waals surface area contributed by atoms with Crippen LogP contribution in [-0.4, -0.2) is 57.9 Å². The van der Waals surface area contributed by atoms with Gasteiger partial charge in [-0.15, -0.1) is 0 Å². The van der Waals surface area contributed by atoms with Crippen molar-refractivity contribution in [2.24, 2.45) is 0 Å². The molecule has 0 unspecified atom stereocenters. The Labute approximate surface area is 213 Å². The molecule has 0 bridgehead atoms. The summed E-state index contributed by atoms with van der Waals surface area (Å²) in [6, 6.07) is 15.3. The van der Waals surface area contributed by atoms with Crippen LogP contribution in [0.3, 0.4) is 0 Å². The maximum Gasteiger partial charge on any atom is 0.268 e. The monoisotopic (exact) mass is 491 g/mol. The molecule has 3 aromatic rings. The molecule has 1 amide bonds. The molecule has 1 aromatic heterocycles. The van der Waals surface area contributed by atoms with Gasteiger partial charge in [0.25, 0.3) is 5.91 Å². The van der Waals surface area contributed by atoms with E-state index in [1.165, 1.54) is 11.6 Å². The third-order valence-electron chi connectivity index (χ3n) is 6.55. The lowest BCUT2D eigenvalue weighted by Gasteiger charge is -2.26. The zero-order chi connectivity index (χ0) is 25.8. The van der Waals surface area contributed by atoms with Gasteiger partial charge in [-0.1, -0.05) is 38.1 Å². The molecule has 1 fully saturated rings. The largest absolute Gasteiger partial charge is 0.508 e. The minimum atomic E-state index is -0.164. The number of amides is 1. The summed E-state index contributed by atoms with van der Waals surface area (Å²) in [6.45, 7) is 12.6. The number of hydrogen-bond donors (Lipinski definition) is 3. The summed E-state index contributed by atoms with van der Waals surface area (Å²) in [6.07, 6.45) is 0. The smallest absolute Gasteiger partial charge is 0.268 e. The molecule has 2 aromatic carbocycles. The average Bonchev–Trinajstić information content (AvgIpc) is 3.24. The van der Waals surface area contributed by atoms with Gasteiger partial charge in [0.1, 0.15) is 17.2 Å². The molecule has 0 radical (unpaired) electrons. The summed E-state index contributed by atoms with van der Waals surface area (Å²) < 4.78 is 7.38. The fourth-order valence-electron chi connectivity index (χ4n) is 4.62. The van der Waals surface area contributed by atoms with Crippen molar-refractivity contribution in [3.8, 4) is 22.8 Å². The Hall–Kier alpha value is -3.29. The van der Waals surface area contributed by atoms with Crippen molar-refractivity contribution in [2.45, 2.75) is 52.7 Å². The highest BCUT2D eigenvalue weighted by Crippen LogP contribution is 2.38. The molecule has 2 heterocycles. The minimum Gasteiger partial charge on any atom is -0.508 e. The Balaban J connectivity index is 1.67. The van der Waals surface area contributed by atoms with Crippen LogP contribution in [0.2, 0.25) is 0 Å². The molecule has 7 heteroatoms. The van der Waals surface area contributed by atoms with Crippen LogP contribution >= 0.6 is 0 Å². The normalized spacial score (nSPS) is 14.5. The minimum absolute atomic E-state index is 0.00149. The van der Waals surface area contributed by atoms with E-state index in [1.54, 1.807) is 6.07 Å². The van der Waals surface area contributed by atoms with Crippen LogP contribution in [0.5, 0.6) is 11.5 Å². The van der Waals surface area contributed by atoms with E-state index in [9.17, 15) is 15.0 Å². The second kappa shape index (κ2) is 11.2. The zero-order valence-electron chi connectivity index (χ0n) is 21.6. The maximum atomic E-state index is 13.1. The van der Waals surface area contributed by atoms with Crippen LogP contribution in [-0.2, 0) is 17.8 Å². The molecule has 192 valence electrons. The van der Waals surface area contributed by atoms with Crippen LogP contribution in [0.1, 0.15) is 60.8 Å². The molecule has 3 N–H and O–H groups in total. The van der Waals surface area contributed by atoms with E-state index in [0.29, 0.717) is 17.8 Å². The molecular weight excluding hydrogens is 454 g/mol. The second-order valence-corrected chi connectivity index (χ2v) is 10.1. The highest BCUT2D eigenvalue weighted by molar-refractivity contribution is 5.94. The number of benzene rings is 2. The van der Waals surface area contributed by atoms with Gasteiger partial charge in [-0.2, -0.15) is 0 Å². The van der Waals surface area contributed by atoms with Crippen molar-refractivity contribution in [3.63, 3.8) is 0 Å². The summed E-state index contributed by atoms with van der Waals surface area (Å²) in [4.78, 5) is 15.4. The highest BCUT2D eigenvalue weighted by Gasteiger charge is 2.21. The van der Waals surface area contributed by atoms with E-state index < -0.39 is 0 Å². The number of phenols is 2. The Kier molecular flexibility index (Phi) is 8.01. The molecular formula is C29H37N3O4. The lowest BCUT2D eigenvalue weighted by atomic mass is 9.97. The number of carbonyl (C=O) groups is 1. The Bertz CT molecular complexity index is 1190. The van der Waals surface area contributed by atoms with Gasteiger partial charge < -0.3 is 24.8 Å². The predicted octanol–water partition coefficient (Wildman–Crippen LogP) is 4.71. The van der Waals surface area contributed by atoms with Crippen molar-refractivity contribution >= 4 is 5.91 Å². The standard InChI is InChI=1S/C29H37N3O4/c1-19(2)23-15-24(28(34)16-27(23)33)25-9-10-26(29(35)30-20(3)4)32(25)18-22-7-5-21(6-8-22)17-31-11-13-36-14-12-31/h5-10,15-16,19-20,33-34H,11-14,17-18H2,1-4H3,(H,30,35). The number of ether oxygens (including phenoxy) is 1. The zero-order valence-corrected chi connectivity index (χ0v) is 21.6. The van der Waals surface area contributed by atoms with E-state index in [0.717, 1.165) is 49.7 Å². The van der Waals surface area contributed by atoms with Gasteiger partial charge in [0, 0.05) is 43.9 Å². The van der Waals surface area contributed by atoms with E-state index in [1.807, 2.05) is 44.4 Å². The summed E-state index contributed by atoms with van der Waals surface area (Å²) in [7, 11) is 0. The number of nitrogens with zero attached hydrogens (tertiary/aromatic N) is 2. The average molecular weight is 492 g/mol. The topological polar surface area (TPSA) is 87.0 Å². The van der Waals surface area contributed by atoms with Crippen molar-refractivity contribution < 1.29 is 19.7 Å². The van der Waals surface area contributed by atoms with Crippen molar-refractivity contribution in [1.29, 1.82) is 0 Å². The number of phenolic OH excluding ortho intramolecular Hbond substituents is 2. The first-order valence-corrected chi connectivity index (χ1v) is 12.7. The van der Waals surface area contributed by atoms with Gasteiger partial charge in [0.05, 0.1) is 18.9 Å². The summed E-state index contributed by atoms with van der Waals surface area (Å²) in [5, 5.41) is 24.1. The van der Waals surface area contributed by atoms with Crippen LogP contribution < -0.4 is 5.32 Å². The third kappa shape index (κ3) is 5.91. The lowest BCUT2D eigenvalue weighted by Crippen LogP contribution is -2.35. The Morgan fingerprint density at radius 2 is 1.56 bits per heavy atom. The quantitative estimate of drug-likeness (QED) is 0.425. The van der Waals surface area contributed by atoms with Gasteiger partial charge in [0.2, 0.25) is 0 Å². The van der Waals surface area contributed by atoms with Gasteiger partial charge >= 0.3 is 0 Å². The van der Waals surface area contributed by atoms with E-state index in [2.05, 4.69) is 34.5 Å². The van der Waals surface area contributed by atoms with Gasteiger partial charge in [-0.3, -0.25) is 9.69 Å². The maximum absolute atomic E-state index is 13.1. The number of hydrogen-bond acceptors (Lipinski definition) is 5. The van der Waals surface area contributed by atoms with Crippen LogP contribution in [0.4, 0.5) is 0 Å². The highest BCUT2D eigenvalue weighted by atomic mass is 16.5. The van der Waals surface area contributed by atoms with Gasteiger partial charge in [-0.25, -0.2) is 0 Å². The third-order valence-corrected chi connectivity index (χ3v) is 6.55. The van der Waals surface area contributed by atoms with Crippen molar-refractivity contribution in [3.05, 3.63) is 70.9 Å². The number of carbonyl (C=O) groups excluding carboxylic acids is 1. The number of aromatic nitrogens is 1. The molecule has 0 saturated carbocycles. The van der Waals surface area contributed by atoms with Crippen molar-refractivity contribution in [2.75, 3.05) is 26.3 Å². The molecule has 0 spiro atoms. The SMILES string of the molecule is CC(C)NC(=O)c1ccc(-c2cc(C(C)C)c(O)cc2O)n1Cc1ccc(CN2CCOCC2)cc1. The van der Waals surface area contributed by atoms with E-state index >= 15 is 0 Å². The molecule has 1 saturated heterocycles. The fraction of sp³-hybridized carbons (Fsp3) is 0.414. The first-order valence-electron chi connectivity index (χ1n) is 12.7. The summed E-state index contributed by atoms with van der Waals surface area (Å²) in [5.74, 6) is -0.0380. The van der Waals surface area contributed by atoms with Crippen LogP contribution in [0.25, 0.3) is 11.3 Å². The Morgan fingerprint density at radius 3 is 2.17 bits per heavy atom. The molecule has 36 heavy (non-hydrogen) atoms. The van der Waals surface area contributed by atoms with Crippen LogP contribution in [0.15, 0.2) is 48.5 Å². The number of nitrogens with one attached hydrogen (secondary N) is 1. The number of aromatic hydroxyl groups is 2. The predicted molar refractivity (Wildman–Crippen MR) is 142 cm³/mol.